The molecule has 1 saturated carbocycles. The fourth-order valence-electron chi connectivity index (χ4n) is 5.45. The van der Waals surface area contributed by atoms with E-state index >= 15 is 0 Å². The van der Waals surface area contributed by atoms with Gasteiger partial charge in [-0.1, -0.05) is 72.8 Å². The second kappa shape index (κ2) is 9.58. The average molecular weight is 491 g/mol. The lowest BCUT2D eigenvalue weighted by atomic mass is 10.0. The fraction of sp³-hybridized carbons (Fsp3) is 0.233. The van der Waals surface area contributed by atoms with Gasteiger partial charge in [-0.25, -0.2) is 4.99 Å². The highest BCUT2D eigenvalue weighted by Gasteiger charge is 2.34. The summed E-state index contributed by atoms with van der Waals surface area (Å²) in [4.78, 5) is 18.4. The summed E-state index contributed by atoms with van der Waals surface area (Å²) in [6, 6.07) is 28.7. The first kappa shape index (κ1) is 23.0. The Bertz CT molecular complexity index is 1670. The standard InChI is InChI=1S/C30H30N6O/c1-35-29(37)26(27(31)36-25-14-8-13-24(25)34-30(35)36)28(33-23-11-6-3-7-12-23)32-19-20-15-17-22(18-16-20)21-9-4-2-5-10-21/h2-7,9-12,15-18,24-25,31-33H,8,13-14,19H2,1H3/b28-26-,31-27?/t24-,25+/m1/s1. The smallest absolute Gasteiger partial charge is 0.267 e. The Hall–Kier alpha value is -4.39. The highest BCUT2D eigenvalue weighted by Crippen LogP contribution is 2.32. The van der Waals surface area contributed by atoms with Gasteiger partial charge < -0.3 is 10.6 Å². The van der Waals surface area contributed by atoms with E-state index < -0.39 is 0 Å². The Labute approximate surface area is 215 Å². The SMILES string of the molecule is Cn1c(=O)/c(=C(/NCc2ccc(-c3ccccc3)cc2)Nc2ccccc2)c(=N)n2c1=N[C@@H]1CCC[C@@H]12. The number of rotatable bonds is 6. The van der Waals surface area contributed by atoms with Gasteiger partial charge in [0.15, 0.2) is 0 Å². The number of anilines is 1. The summed E-state index contributed by atoms with van der Waals surface area (Å²) in [6.07, 6.45) is 3.09. The summed E-state index contributed by atoms with van der Waals surface area (Å²) in [7, 11) is 1.75. The molecule has 4 aromatic rings. The number of hydrogen-bond donors (Lipinski definition) is 3. The van der Waals surface area contributed by atoms with Crippen LogP contribution in [0.5, 0.6) is 0 Å². The van der Waals surface area contributed by atoms with Crippen LogP contribution in [-0.2, 0) is 13.6 Å². The molecule has 2 aliphatic rings. The molecule has 0 saturated heterocycles. The zero-order valence-electron chi connectivity index (χ0n) is 20.8. The van der Waals surface area contributed by atoms with Gasteiger partial charge in [-0.2, -0.15) is 0 Å². The predicted octanol–water partition coefficient (Wildman–Crippen LogP) is 3.03. The van der Waals surface area contributed by atoms with Crippen molar-refractivity contribution in [2.45, 2.75) is 37.9 Å². The van der Waals surface area contributed by atoms with Gasteiger partial charge in [0.2, 0.25) is 5.62 Å². The van der Waals surface area contributed by atoms with Crippen molar-refractivity contribution >= 4 is 11.5 Å². The first-order valence-corrected chi connectivity index (χ1v) is 12.8. The topological polar surface area (TPSA) is 87.2 Å². The van der Waals surface area contributed by atoms with Crippen LogP contribution in [0.4, 0.5) is 5.69 Å². The highest BCUT2D eigenvalue weighted by atomic mass is 16.1. The third-order valence-corrected chi connectivity index (χ3v) is 7.39. The molecular weight excluding hydrogens is 460 g/mol. The van der Waals surface area contributed by atoms with Crippen molar-refractivity contribution in [2.75, 3.05) is 5.32 Å². The van der Waals surface area contributed by atoms with Crippen molar-refractivity contribution in [2.24, 2.45) is 12.0 Å². The lowest BCUT2D eigenvalue weighted by Crippen LogP contribution is -2.59. The van der Waals surface area contributed by atoms with E-state index in [9.17, 15) is 4.79 Å². The maximum Gasteiger partial charge on any atom is 0.267 e. The summed E-state index contributed by atoms with van der Waals surface area (Å²) in [6.45, 7) is 0.505. The molecule has 0 amide bonds. The third-order valence-electron chi connectivity index (χ3n) is 7.39. The molecule has 1 aliphatic carbocycles. The van der Waals surface area contributed by atoms with E-state index in [2.05, 4.69) is 47.0 Å². The molecule has 0 unspecified atom stereocenters. The molecule has 2 heterocycles. The van der Waals surface area contributed by atoms with Crippen LogP contribution in [-0.4, -0.2) is 15.2 Å². The second-order valence-corrected chi connectivity index (χ2v) is 9.74. The van der Waals surface area contributed by atoms with E-state index in [0.717, 1.165) is 36.1 Å². The molecule has 186 valence electrons. The van der Waals surface area contributed by atoms with Gasteiger partial charge in [0.25, 0.3) is 5.56 Å². The van der Waals surface area contributed by atoms with E-state index in [0.29, 0.717) is 23.2 Å². The zero-order chi connectivity index (χ0) is 25.4. The first-order chi connectivity index (χ1) is 18.1. The van der Waals surface area contributed by atoms with Crippen molar-refractivity contribution < 1.29 is 0 Å². The zero-order valence-corrected chi connectivity index (χ0v) is 20.8. The average Bonchev–Trinajstić information content (AvgIpc) is 3.54. The monoisotopic (exact) mass is 490 g/mol. The maximum absolute atomic E-state index is 13.6. The molecule has 0 spiro atoms. The Morgan fingerprint density at radius 1 is 0.946 bits per heavy atom. The van der Waals surface area contributed by atoms with Gasteiger partial charge in [0, 0.05) is 19.3 Å². The Morgan fingerprint density at radius 2 is 1.62 bits per heavy atom. The Kier molecular flexibility index (Phi) is 5.96. The van der Waals surface area contributed by atoms with Crippen molar-refractivity contribution in [1.82, 2.24) is 14.5 Å². The lowest BCUT2D eigenvalue weighted by molar-refractivity contribution is 0.465. The van der Waals surface area contributed by atoms with E-state index in [1.54, 1.807) is 11.6 Å². The lowest BCUT2D eigenvalue weighted by Gasteiger charge is -2.17. The van der Waals surface area contributed by atoms with Crippen LogP contribution in [0, 0.1) is 5.41 Å². The van der Waals surface area contributed by atoms with E-state index in [1.165, 1.54) is 5.56 Å². The molecule has 6 rings (SSSR count). The van der Waals surface area contributed by atoms with Crippen LogP contribution in [0.3, 0.4) is 0 Å². The normalized spacial score (nSPS) is 18.5. The highest BCUT2D eigenvalue weighted by molar-refractivity contribution is 5.64. The Morgan fingerprint density at radius 3 is 2.35 bits per heavy atom. The molecule has 7 nitrogen and oxygen atoms in total. The number of nitrogens with one attached hydrogen (secondary N) is 3. The summed E-state index contributed by atoms with van der Waals surface area (Å²) in [5.41, 5.74) is 4.84. The largest absolute Gasteiger partial charge is 0.367 e. The fourth-order valence-corrected chi connectivity index (χ4v) is 5.45. The number of nitrogens with zero attached hydrogens (tertiary/aromatic N) is 3. The summed E-state index contributed by atoms with van der Waals surface area (Å²) in [5.74, 6) is 0.528. The molecule has 3 aromatic carbocycles. The third kappa shape index (κ3) is 4.27. The van der Waals surface area contributed by atoms with Crippen LogP contribution in [0.25, 0.3) is 16.9 Å². The molecule has 0 bridgehead atoms. The molecule has 37 heavy (non-hydrogen) atoms. The van der Waals surface area contributed by atoms with Gasteiger partial charge in [-0.3, -0.25) is 19.3 Å². The van der Waals surface area contributed by atoms with Crippen LogP contribution in [0.2, 0.25) is 0 Å². The van der Waals surface area contributed by atoms with Crippen LogP contribution in [0.15, 0.2) is 94.7 Å². The minimum Gasteiger partial charge on any atom is -0.367 e. The first-order valence-electron chi connectivity index (χ1n) is 12.8. The minimum absolute atomic E-state index is 0.150. The van der Waals surface area contributed by atoms with Crippen molar-refractivity contribution in [1.29, 1.82) is 5.41 Å². The summed E-state index contributed by atoms with van der Waals surface area (Å²) >= 11 is 0. The number of hydrogen-bond acceptors (Lipinski definition) is 5. The van der Waals surface area contributed by atoms with Crippen molar-refractivity contribution in [3.05, 3.63) is 117 Å². The number of aromatic nitrogens is 2. The number of benzene rings is 3. The van der Waals surface area contributed by atoms with Gasteiger partial charge in [-0.15, -0.1) is 0 Å². The van der Waals surface area contributed by atoms with E-state index in [4.69, 9.17) is 10.4 Å². The second-order valence-electron chi connectivity index (χ2n) is 9.74. The van der Waals surface area contributed by atoms with E-state index in [-0.39, 0.29) is 23.1 Å². The molecule has 7 heteroatoms. The molecule has 2 atom stereocenters. The van der Waals surface area contributed by atoms with Gasteiger partial charge in [0.1, 0.15) is 16.5 Å². The quantitative estimate of drug-likeness (QED) is 0.388. The van der Waals surface area contributed by atoms with Gasteiger partial charge >= 0.3 is 0 Å². The van der Waals surface area contributed by atoms with Gasteiger partial charge in [0.05, 0.1) is 12.1 Å². The molecule has 1 aliphatic heterocycles. The predicted molar refractivity (Wildman–Crippen MR) is 145 cm³/mol. The molecule has 0 radical (unpaired) electrons. The number of para-hydroxylation sites is 1. The summed E-state index contributed by atoms with van der Waals surface area (Å²) in [5, 5.41) is 16.3. The molecule has 3 N–H and O–H groups in total. The van der Waals surface area contributed by atoms with Crippen molar-refractivity contribution in [3.8, 4) is 11.1 Å². The van der Waals surface area contributed by atoms with E-state index in [1.807, 2.05) is 53.1 Å². The van der Waals surface area contributed by atoms with Crippen LogP contribution < -0.4 is 32.5 Å². The molecular formula is C30H30N6O. The minimum atomic E-state index is -0.231. The summed E-state index contributed by atoms with van der Waals surface area (Å²) < 4.78 is 3.55. The number of fused-ring (bicyclic) bond motifs is 3. The molecule has 1 fully saturated rings. The van der Waals surface area contributed by atoms with Crippen LogP contribution in [0.1, 0.15) is 30.9 Å². The molecule has 1 aromatic heterocycles. The maximum atomic E-state index is 13.6. The van der Waals surface area contributed by atoms with Crippen molar-refractivity contribution in [3.63, 3.8) is 0 Å². The van der Waals surface area contributed by atoms with Crippen LogP contribution >= 0.6 is 0 Å². The Balaban J connectivity index is 1.41. The van der Waals surface area contributed by atoms with Gasteiger partial charge in [-0.05, 0) is 48.1 Å².